The predicted octanol–water partition coefficient (Wildman–Crippen LogP) is 3.45. The number of carbonyl (C=O) groups is 1. The van der Waals surface area contributed by atoms with Crippen LogP contribution >= 0.6 is 0 Å². The first-order chi connectivity index (χ1) is 17.6. The summed E-state index contributed by atoms with van der Waals surface area (Å²) >= 11 is 0. The molecule has 2 N–H and O–H groups in total. The Morgan fingerprint density at radius 3 is 2.36 bits per heavy atom. The third-order valence-electron chi connectivity index (χ3n) is 6.61. The Bertz CT molecular complexity index is 1340. The smallest absolute Gasteiger partial charge is 0.219 e. The molecule has 0 atom stereocenters. The molecule has 0 saturated carbocycles. The molecule has 5 rings (SSSR count). The van der Waals surface area contributed by atoms with E-state index in [0.29, 0.717) is 37.5 Å². The Kier molecular flexibility index (Phi) is 6.64. The van der Waals surface area contributed by atoms with Crippen LogP contribution in [0.25, 0.3) is 22.4 Å². The van der Waals surface area contributed by atoms with Gasteiger partial charge in [-0.15, -0.1) is 0 Å². The number of pyridine rings is 3. The number of nitrogens with zero attached hydrogens (tertiary/aromatic N) is 5. The molecule has 1 fully saturated rings. The molecule has 0 amide bonds. The number of ketones is 1. The van der Waals surface area contributed by atoms with E-state index < -0.39 is 5.41 Å². The van der Waals surface area contributed by atoms with E-state index in [1.165, 1.54) is 0 Å². The lowest BCUT2D eigenvalue weighted by Crippen LogP contribution is -2.42. The van der Waals surface area contributed by atoms with Gasteiger partial charge in [0, 0.05) is 73.0 Å². The lowest BCUT2D eigenvalue weighted by atomic mass is 9.70. The van der Waals surface area contributed by atoms with Gasteiger partial charge < -0.3 is 15.2 Å². The maximum atomic E-state index is 13.7. The first-order valence-electron chi connectivity index (χ1n) is 11.7. The maximum Gasteiger partial charge on any atom is 0.219 e. The number of ether oxygens (including phenoxy) is 2. The fourth-order valence-corrected chi connectivity index (χ4v) is 4.49. The molecule has 0 aromatic carbocycles. The Labute approximate surface area is 208 Å². The fourth-order valence-electron chi connectivity index (χ4n) is 4.49. The molecule has 0 radical (unpaired) electrons. The van der Waals surface area contributed by atoms with Gasteiger partial charge in [0.1, 0.15) is 11.5 Å². The van der Waals surface area contributed by atoms with Crippen molar-refractivity contribution in [3.8, 4) is 28.1 Å². The SMILES string of the molecule is COc1cncc(-c2ccc(CC(=O)C3(c4ccc(-c5cnc(N)nc5)nc4)CCOCC3)nc2)c1. The quantitative estimate of drug-likeness (QED) is 0.421. The summed E-state index contributed by atoms with van der Waals surface area (Å²) in [6.07, 6.45) is 11.7. The number of hydrogen-bond acceptors (Lipinski definition) is 9. The molecule has 182 valence electrons. The Hall–Kier alpha value is -4.24. The van der Waals surface area contributed by atoms with Gasteiger partial charge in [0.2, 0.25) is 5.95 Å². The minimum atomic E-state index is -0.668. The molecular weight excluding hydrogens is 456 g/mol. The van der Waals surface area contributed by atoms with Crippen LogP contribution in [0.2, 0.25) is 0 Å². The zero-order valence-corrected chi connectivity index (χ0v) is 19.9. The van der Waals surface area contributed by atoms with Crippen LogP contribution < -0.4 is 10.5 Å². The molecule has 1 saturated heterocycles. The monoisotopic (exact) mass is 482 g/mol. The highest BCUT2D eigenvalue weighted by molar-refractivity contribution is 5.91. The van der Waals surface area contributed by atoms with Gasteiger partial charge in [0.25, 0.3) is 0 Å². The molecule has 4 aromatic heterocycles. The summed E-state index contributed by atoms with van der Waals surface area (Å²) in [5, 5.41) is 0. The van der Waals surface area contributed by atoms with Crippen LogP contribution in [-0.4, -0.2) is 51.0 Å². The van der Waals surface area contributed by atoms with Crippen molar-refractivity contribution >= 4 is 11.7 Å². The normalized spacial score (nSPS) is 14.8. The minimum Gasteiger partial charge on any atom is -0.495 e. The Balaban J connectivity index is 1.37. The number of methoxy groups -OCH3 is 1. The molecule has 0 aliphatic carbocycles. The number of rotatable bonds is 7. The summed E-state index contributed by atoms with van der Waals surface area (Å²) in [6, 6.07) is 9.60. The molecule has 9 nitrogen and oxygen atoms in total. The van der Waals surface area contributed by atoms with E-state index >= 15 is 0 Å². The molecule has 0 spiro atoms. The summed E-state index contributed by atoms with van der Waals surface area (Å²) < 4.78 is 10.9. The first kappa shape index (κ1) is 23.5. The van der Waals surface area contributed by atoms with Crippen LogP contribution in [0.4, 0.5) is 5.95 Å². The van der Waals surface area contributed by atoms with Crippen molar-refractivity contribution in [3.63, 3.8) is 0 Å². The van der Waals surface area contributed by atoms with E-state index in [2.05, 4.69) is 24.9 Å². The van der Waals surface area contributed by atoms with Gasteiger partial charge in [0.15, 0.2) is 0 Å². The lowest BCUT2D eigenvalue weighted by molar-refractivity contribution is -0.127. The van der Waals surface area contributed by atoms with Crippen molar-refractivity contribution in [2.75, 3.05) is 26.1 Å². The number of Topliss-reactive ketones (excluding diaryl/α,β-unsaturated/α-hetero) is 1. The number of carbonyl (C=O) groups excluding carboxylic acids is 1. The Morgan fingerprint density at radius 1 is 0.917 bits per heavy atom. The number of aromatic nitrogens is 5. The van der Waals surface area contributed by atoms with Crippen LogP contribution in [0.15, 0.2) is 67.5 Å². The van der Waals surface area contributed by atoms with Gasteiger partial charge in [-0.2, -0.15) is 0 Å². The number of nitrogen functional groups attached to an aromatic ring is 1. The van der Waals surface area contributed by atoms with Gasteiger partial charge >= 0.3 is 0 Å². The molecule has 4 aromatic rings. The predicted molar refractivity (Wildman–Crippen MR) is 134 cm³/mol. The second-order valence-electron chi connectivity index (χ2n) is 8.71. The second-order valence-corrected chi connectivity index (χ2v) is 8.71. The highest BCUT2D eigenvalue weighted by Crippen LogP contribution is 2.37. The summed E-state index contributed by atoms with van der Waals surface area (Å²) in [7, 11) is 1.61. The third kappa shape index (κ3) is 4.78. The van der Waals surface area contributed by atoms with Crippen molar-refractivity contribution in [3.05, 3.63) is 78.8 Å². The third-order valence-corrected chi connectivity index (χ3v) is 6.61. The van der Waals surface area contributed by atoms with Crippen LogP contribution in [-0.2, 0) is 21.4 Å². The van der Waals surface area contributed by atoms with Crippen molar-refractivity contribution in [2.24, 2.45) is 0 Å². The number of hydrogen-bond donors (Lipinski definition) is 1. The maximum absolute atomic E-state index is 13.7. The van der Waals surface area contributed by atoms with Crippen molar-refractivity contribution in [2.45, 2.75) is 24.7 Å². The molecule has 1 aliphatic rings. The molecule has 36 heavy (non-hydrogen) atoms. The number of nitrogens with two attached hydrogens (primary N) is 1. The van der Waals surface area contributed by atoms with E-state index in [4.69, 9.17) is 15.2 Å². The largest absolute Gasteiger partial charge is 0.495 e. The molecule has 0 unspecified atom stereocenters. The van der Waals surface area contributed by atoms with E-state index in [0.717, 1.165) is 27.9 Å². The molecule has 5 heterocycles. The minimum absolute atomic E-state index is 0.111. The molecule has 0 bridgehead atoms. The van der Waals surface area contributed by atoms with Crippen molar-refractivity contribution in [1.29, 1.82) is 0 Å². The highest BCUT2D eigenvalue weighted by atomic mass is 16.5. The lowest BCUT2D eigenvalue weighted by Gasteiger charge is -2.36. The van der Waals surface area contributed by atoms with Crippen LogP contribution in [0.1, 0.15) is 24.1 Å². The Morgan fingerprint density at radius 2 is 1.69 bits per heavy atom. The van der Waals surface area contributed by atoms with E-state index in [1.54, 1.807) is 44.3 Å². The molecule has 9 heteroatoms. The fraction of sp³-hybridized carbons (Fsp3) is 0.259. The van der Waals surface area contributed by atoms with Crippen LogP contribution in [0.3, 0.4) is 0 Å². The average Bonchev–Trinajstić information content (AvgIpc) is 2.94. The summed E-state index contributed by atoms with van der Waals surface area (Å²) in [5.41, 5.74) is 9.81. The van der Waals surface area contributed by atoms with Crippen molar-refractivity contribution in [1.82, 2.24) is 24.9 Å². The van der Waals surface area contributed by atoms with Gasteiger partial charge in [0.05, 0.1) is 24.4 Å². The zero-order valence-electron chi connectivity index (χ0n) is 19.9. The van der Waals surface area contributed by atoms with Crippen molar-refractivity contribution < 1.29 is 14.3 Å². The van der Waals surface area contributed by atoms with Gasteiger partial charge in [-0.25, -0.2) is 9.97 Å². The van der Waals surface area contributed by atoms with Crippen LogP contribution in [0, 0.1) is 0 Å². The highest BCUT2D eigenvalue weighted by Gasteiger charge is 2.41. The molecular formula is C27H26N6O3. The second kappa shape index (κ2) is 10.2. The van der Waals surface area contributed by atoms with Gasteiger partial charge in [-0.05, 0) is 36.6 Å². The number of anilines is 1. The standard InChI is InChI=1S/C27H26N6O3/c1-35-23-10-19(12-29-17-23)18-2-4-22(30-13-18)11-25(34)27(6-8-36-9-7-27)21-3-5-24(31-16-21)20-14-32-26(28)33-15-20/h2-5,10,12-17H,6-9,11H2,1H3,(H2,28,32,33). The topological polar surface area (TPSA) is 126 Å². The summed E-state index contributed by atoms with van der Waals surface area (Å²) in [6.45, 7) is 1.04. The first-order valence-corrected chi connectivity index (χ1v) is 11.7. The van der Waals surface area contributed by atoms with E-state index in [9.17, 15) is 4.79 Å². The van der Waals surface area contributed by atoms with Gasteiger partial charge in [-0.1, -0.05) is 12.1 Å². The van der Waals surface area contributed by atoms with E-state index in [1.807, 2.05) is 30.3 Å². The molecule has 1 aliphatic heterocycles. The summed E-state index contributed by atoms with van der Waals surface area (Å²) in [5.74, 6) is 1.00. The summed E-state index contributed by atoms with van der Waals surface area (Å²) in [4.78, 5) is 35.2. The van der Waals surface area contributed by atoms with E-state index in [-0.39, 0.29) is 18.2 Å². The van der Waals surface area contributed by atoms with Crippen LogP contribution in [0.5, 0.6) is 5.75 Å². The zero-order chi connectivity index (χ0) is 25.0. The average molecular weight is 483 g/mol. The van der Waals surface area contributed by atoms with Gasteiger partial charge in [-0.3, -0.25) is 19.7 Å².